The Hall–Kier alpha value is -2.74. The van der Waals surface area contributed by atoms with Gasteiger partial charge in [-0.2, -0.15) is 0 Å². The molecule has 0 saturated carbocycles. The van der Waals surface area contributed by atoms with E-state index in [1.165, 1.54) is 6.08 Å². The fourth-order valence-electron chi connectivity index (χ4n) is 1.88. The van der Waals surface area contributed by atoms with Crippen molar-refractivity contribution in [2.24, 2.45) is 0 Å². The molecule has 3 amide bonds. The summed E-state index contributed by atoms with van der Waals surface area (Å²) in [6, 6.07) is 2.63. The van der Waals surface area contributed by atoms with Crippen molar-refractivity contribution in [3.05, 3.63) is 28.8 Å². The zero-order valence-electron chi connectivity index (χ0n) is 13.5. The summed E-state index contributed by atoms with van der Waals surface area (Å²) in [6.07, 6.45) is 3.34. The molecule has 0 fully saturated rings. The first-order valence-electron chi connectivity index (χ1n) is 7.51. The third-order valence-electron chi connectivity index (χ3n) is 3.00. The Bertz CT molecular complexity index is 704. The van der Waals surface area contributed by atoms with Gasteiger partial charge in [0.15, 0.2) is 18.1 Å². The molecule has 134 valence electrons. The van der Waals surface area contributed by atoms with E-state index in [9.17, 15) is 14.4 Å². The van der Waals surface area contributed by atoms with Gasteiger partial charge in [0, 0.05) is 12.6 Å². The summed E-state index contributed by atoms with van der Waals surface area (Å²) in [6.45, 7) is 1.85. The van der Waals surface area contributed by atoms with Crippen LogP contribution in [0.5, 0.6) is 11.5 Å². The third-order valence-corrected chi connectivity index (χ3v) is 3.28. The van der Waals surface area contributed by atoms with E-state index >= 15 is 0 Å². The molecule has 1 aromatic carbocycles. The first kappa shape index (κ1) is 18.6. The highest BCUT2D eigenvalue weighted by atomic mass is 35.5. The summed E-state index contributed by atoms with van der Waals surface area (Å²) in [4.78, 5) is 34.3. The topological polar surface area (TPSA) is 103 Å². The average molecular weight is 369 g/mol. The maximum Gasteiger partial charge on any atom is 0.331 e. The number of hydrogen-bond acceptors (Lipinski definition) is 6. The van der Waals surface area contributed by atoms with Crippen molar-refractivity contribution in [3.8, 4) is 11.5 Å². The van der Waals surface area contributed by atoms with Crippen LogP contribution in [0, 0.1) is 0 Å². The molecular formula is C16H17ClN2O6. The van der Waals surface area contributed by atoms with Crippen molar-refractivity contribution >= 4 is 35.6 Å². The van der Waals surface area contributed by atoms with Crippen LogP contribution in [0.4, 0.5) is 4.79 Å². The third kappa shape index (κ3) is 5.68. The highest BCUT2D eigenvalue weighted by Crippen LogP contribution is 2.40. The molecule has 1 heterocycles. The number of carbonyl (C=O) groups is 3. The number of benzene rings is 1. The van der Waals surface area contributed by atoms with Crippen LogP contribution in [-0.4, -0.2) is 37.9 Å². The van der Waals surface area contributed by atoms with Crippen LogP contribution in [0.2, 0.25) is 5.02 Å². The lowest BCUT2D eigenvalue weighted by Crippen LogP contribution is -2.41. The minimum Gasteiger partial charge on any atom is -0.454 e. The SMILES string of the molecule is CCCNC(=O)NC(=O)COC(=O)/C=C/c1cc(Cl)c2c(c1)OCO2. The Balaban J connectivity index is 1.80. The van der Waals surface area contributed by atoms with Gasteiger partial charge in [-0.05, 0) is 30.2 Å². The van der Waals surface area contributed by atoms with Crippen molar-refractivity contribution in [1.29, 1.82) is 0 Å². The number of ether oxygens (including phenoxy) is 3. The van der Waals surface area contributed by atoms with Crippen LogP contribution in [0.1, 0.15) is 18.9 Å². The molecule has 0 radical (unpaired) electrons. The molecule has 1 aromatic rings. The maximum atomic E-state index is 11.6. The predicted octanol–water partition coefficient (Wildman–Crippen LogP) is 1.86. The van der Waals surface area contributed by atoms with Gasteiger partial charge in [-0.3, -0.25) is 10.1 Å². The van der Waals surface area contributed by atoms with E-state index in [4.69, 9.17) is 25.8 Å². The zero-order valence-corrected chi connectivity index (χ0v) is 14.2. The smallest absolute Gasteiger partial charge is 0.331 e. The van der Waals surface area contributed by atoms with Gasteiger partial charge in [-0.25, -0.2) is 9.59 Å². The van der Waals surface area contributed by atoms with Crippen LogP contribution in [-0.2, 0) is 14.3 Å². The van der Waals surface area contributed by atoms with Crippen molar-refractivity contribution in [1.82, 2.24) is 10.6 Å². The lowest BCUT2D eigenvalue weighted by Gasteiger charge is -2.05. The molecule has 8 nitrogen and oxygen atoms in total. The van der Waals surface area contributed by atoms with E-state index in [1.807, 2.05) is 12.2 Å². The van der Waals surface area contributed by atoms with Gasteiger partial charge >= 0.3 is 12.0 Å². The maximum absolute atomic E-state index is 11.6. The van der Waals surface area contributed by atoms with Crippen molar-refractivity contribution in [2.45, 2.75) is 13.3 Å². The molecule has 25 heavy (non-hydrogen) atoms. The second-order valence-electron chi connectivity index (χ2n) is 4.98. The molecule has 0 aliphatic carbocycles. The molecule has 2 N–H and O–H groups in total. The second kappa shape index (κ2) is 8.93. The summed E-state index contributed by atoms with van der Waals surface area (Å²) >= 11 is 6.03. The van der Waals surface area contributed by atoms with E-state index < -0.39 is 24.5 Å². The first-order chi connectivity index (χ1) is 12.0. The lowest BCUT2D eigenvalue weighted by atomic mass is 10.2. The van der Waals surface area contributed by atoms with Crippen LogP contribution in [0.3, 0.4) is 0 Å². The second-order valence-corrected chi connectivity index (χ2v) is 5.39. The highest BCUT2D eigenvalue weighted by molar-refractivity contribution is 6.32. The number of fused-ring (bicyclic) bond motifs is 1. The van der Waals surface area contributed by atoms with Gasteiger partial charge < -0.3 is 19.5 Å². The molecular weight excluding hydrogens is 352 g/mol. The zero-order chi connectivity index (χ0) is 18.2. The van der Waals surface area contributed by atoms with Crippen molar-refractivity contribution < 1.29 is 28.6 Å². The van der Waals surface area contributed by atoms with Gasteiger partial charge in [0.1, 0.15) is 0 Å². The number of esters is 1. The van der Waals surface area contributed by atoms with Gasteiger partial charge in [0.05, 0.1) is 5.02 Å². The fraction of sp³-hybridized carbons (Fsp3) is 0.312. The van der Waals surface area contributed by atoms with Crippen LogP contribution >= 0.6 is 11.6 Å². The molecule has 0 unspecified atom stereocenters. The summed E-state index contributed by atoms with van der Waals surface area (Å²) in [5.74, 6) is -0.517. The van der Waals surface area contributed by atoms with Crippen LogP contribution in [0.25, 0.3) is 6.08 Å². The van der Waals surface area contributed by atoms with Gasteiger partial charge in [-0.15, -0.1) is 0 Å². The van der Waals surface area contributed by atoms with Crippen LogP contribution in [0.15, 0.2) is 18.2 Å². The molecule has 0 aromatic heterocycles. The standard InChI is InChI=1S/C16H17ClN2O6/c1-2-5-18-16(22)19-13(20)8-23-14(21)4-3-10-6-11(17)15-12(7-10)24-9-25-15/h3-4,6-7H,2,5,8-9H2,1H3,(H2,18,19,20,22)/b4-3+. The van der Waals surface area contributed by atoms with Crippen LogP contribution < -0.4 is 20.1 Å². The van der Waals surface area contributed by atoms with Gasteiger partial charge in [0.25, 0.3) is 5.91 Å². The summed E-state index contributed by atoms with van der Waals surface area (Å²) in [5.41, 5.74) is 0.606. The molecule has 0 bridgehead atoms. The largest absolute Gasteiger partial charge is 0.454 e. The molecule has 2 rings (SSSR count). The molecule has 1 aliphatic rings. The number of halogens is 1. The monoisotopic (exact) mass is 368 g/mol. The van der Waals surface area contributed by atoms with Gasteiger partial charge in [-0.1, -0.05) is 18.5 Å². The number of nitrogens with one attached hydrogen (secondary N) is 2. The van der Waals surface area contributed by atoms with E-state index in [0.717, 1.165) is 12.5 Å². The fourth-order valence-corrected chi connectivity index (χ4v) is 2.15. The van der Waals surface area contributed by atoms with Crippen molar-refractivity contribution in [3.63, 3.8) is 0 Å². The number of carbonyl (C=O) groups excluding carboxylic acids is 3. The number of urea groups is 1. The Morgan fingerprint density at radius 3 is 2.88 bits per heavy atom. The summed E-state index contributed by atoms with van der Waals surface area (Å²) < 4.78 is 15.2. The summed E-state index contributed by atoms with van der Waals surface area (Å²) in [7, 11) is 0. The Kier molecular flexibility index (Phi) is 6.64. The van der Waals surface area contributed by atoms with Crippen molar-refractivity contribution in [2.75, 3.05) is 19.9 Å². The van der Waals surface area contributed by atoms with Gasteiger partial charge in [0.2, 0.25) is 6.79 Å². The normalized spacial score (nSPS) is 12.1. The first-order valence-corrected chi connectivity index (χ1v) is 7.89. The van der Waals surface area contributed by atoms with E-state index in [-0.39, 0.29) is 6.79 Å². The number of amides is 3. The molecule has 1 aliphatic heterocycles. The van der Waals surface area contributed by atoms with E-state index in [2.05, 4.69) is 5.32 Å². The molecule has 0 atom stereocenters. The van der Waals surface area contributed by atoms with E-state index in [1.54, 1.807) is 12.1 Å². The summed E-state index contributed by atoms with van der Waals surface area (Å²) in [5, 5.41) is 4.87. The highest BCUT2D eigenvalue weighted by Gasteiger charge is 2.17. The molecule has 9 heteroatoms. The predicted molar refractivity (Wildman–Crippen MR) is 89.4 cm³/mol. The Labute approximate surface area is 149 Å². The minimum atomic E-state index is -0.738. The molecule has 0 saturated heterocycles. The lowest BCUT2D eigenvalue weighted by molar-refractivity contribution is -0.143. The Morgan fingerprint density at radius 2 is 2.12 bits per heavy atom. The number of hydrogen-bond donors (Lipinski definition) is 2. The average Bonchev–Trinajstić information content (AvgIpc) is 3.05. The Morgan fingerprint density at radius 1 is 1.32 bits per heavy atom. The molecule has 0 spiro atoms. The quantitative estimate of drug-likeness (QED) is 0.587. The minimum absolute atomic E-state index is 0.0885. The number of imide groups is 1. The van der Waals surface area contributed by atoms with E-state index in [0.29, 0.717) is 28.6 Å². The number of rotatable bonds is 6.